The van der Waals surface area contributed by atoms with Crippen LogP contribution in [0, 0.1) is 13.8 Å². The molecule has 2 rings (SSSR count). The molecule has 0 spiro atoms. The van der Waals surface area contributed by atoms with Crippen molar-refractivity contribution in [1.82, 2.24) is 5.32 Å². The molecule has 1 amide bonds. The van der Waals surface area contributed by atoms with Crippen molar-refractivity contribution in [3.05, 3.63) is 57.6 Å². The number of methoxy groups -OCH3 is 1. The van der Waals surface area contributed by atoms with Crippen molar-refractivity contribution < 1.29 is 14.3 Å². The summed E-state index contributed by atoms with van der Waals surface area (Å²) in [6.45, 7) is 10.1. The molecule has 0 bridgehead atoms. The number of hydrogen-bond acceptors (Lipinski definition) is 3. The zero-order valence-corrected chi connectivity index (χ0v) is 17.6. The fourth-order valence-corrected chi connectivity index (χ4v) is 3.14. The molecular weight excluding hydrogens is 362 g/mol. The van der Waals surface area contributed by atoms with Crippen LogP contribution in [-0.2, 0) is 4.79 Å². The minimum atomic E-state index is -0.170. The Morgan fingerprint density at radius 2 is 1.78 bits per heavy atom. The van der Waals surface area contributed by atoms with Crippen molar-refractivity contribution in [3.8, 4) is 11.5 Å². The van der Waals surface area contributed by atoms with Gasteiger partial charge in [0, 0.05) is 5.02 Å². The summed E-state index contributed by atoms with van der Waals surface area (Å²) in [6.07, 6.45) is 0. The van der Waals surface area contributed by atoms with Crippen molar-refractivity contribution in [3.63, 3.8) is 0 Å². The maximum Gasteiger partial charge on any atom is 0.258 e. The van der Waals surface area contributed by atoms with Crippen LogP contribution in [0.4, 0.5) is 0 Å². The van der Waals surface area contributed by atoms with Gasteiger partial charge in [-0.2, -0.15) is 0 Å². The maximum absolute atomic E-state index is 12.3. The molecule has 0 radical (unpaired) electrons. The van der Waals surface area contributed by atoms with Gasteiger partial charge in [0.15, 0.2) is 6.61 Å². The molecule has 146 valence electrons. The first-order chi connectivity index (χ1) is 12.7. The van der Waals surface area contributed by atoms with Gasteiger partial charge >= 0.3 is 0 Å². The van der Waals surface area contributed by atoms with Crippen LogP contribution in [0.2, 0.25) is 5.02 Å². The van der Waals surface area contributed by atoms with Crippen LogP contribution < -0.4 is 14.8 Å². The number of amides is 1. The minimum absolute atomic E-state index is 0.0440. The Bertz CT molecular complexity index is 817. The number of hydrogen-bond donors (Lipinski definition) is 1. The van der Waals surface area contributed by atoms with E-state index in [-0.39, 0.29) is 18.6 Å². The number of aryl methyl sites for hydroxylation is 2. The highest BCUT2D eigenvalue weighted by Crippen LogP contribution is 2.32. The first-order valence-corrected chi connectivity index (χ1v) is 9.47. The Kier molecular flexibility index (Phi) is 7.14. The molecule has 0 heterocycles. The summed E-state index contributed by atoms with van der Waals surface area (Å²) in [7, 11) is 1.68. The Balaban J connectivity index is 2.05. The van der Waals surface area contributed by atoms with Crippen LogP contribution in [-0.4, -0.2) is 19.6 Å². The molecule has 1 unspecified atom stereocenters. The van der Waals surface area contributed by atoms with E-state index < -0.39 is 0 Å². The monoisotopic (exact) mass is 389 g/mol. The summed E-state index contributed by atoms with van der Waals surface area (Å²) < 4.78 is 11.1. The standard InChI is InChI=1S/C22H28ClNO3/c1-13(2)18-11-19(14(3)10-21(18)26-6)16(5)24-22(25)12-27-17-7-8-20(23)15(4)9-17/h7-11,13,16H,12H2,1-6H3,(H,24,25). The van der Waals surface area contributed by atoms with Crippen LogP contribution in [0.25, 0.3) is 0 Å². The van der Waals surface area contributed by atoms with Crippen LogP contribution in [0.5, 0.6) is 11.5 Å². The number of halogens is 1. The highest BCUT2D eigenvalue weighted by molar-refractivity contribution is 6.31. The Morgan fingerprint density at radius 1 is 1.07 bits per heavy atom. The van der Waals surface area contributed by atoms with Gasteiger partial charge in [-0.25, -0.2) is 0 Å². The molecule has 1 atom stereocenters. The van der Waals surface area contributed by atoms with Gasteiger partial charge in [0.25, 0.3) is 5.91 Å². The lowest BCUT2D eigenvalue weighted by atomic mass is 9.93. The summed E-state index contributed by atoms with van der Waals surface area (Å²) in [5, 5.41) is 3.68. The van der Waals surface area contributed by atoms with Crippen molar-refractivity contribution in [2.75, 3.05) is 13.7 Å². The SMILES string of the molecule is COc1cc(C)c(C(C)NC(=O)COc2ccc(Cl)c(C)c2)cc1C(C)C. The molecule has 0 saturated carbocycles. The molecule has 2 aromatic rings. The van der Waals surface area contributed by atoms with Gasteiger partial charge in [0.1, 0.15) is 11.5 Å². The normalized spacial score (nSPS) is 12.0. The second kappa shape index (κ2) is 9.14. The minimum Gasteiger partial charge on any atom is -0.496 e. The Hall–Kier alpha value is -2.20. The third kappa shape index (κ3) is 5.39. The third-order valence-electron chi connectivity index (χ3n) is 4.58. The van der Waals surface area contributed by atoms with E-state index in [2.05, 4.69) is 25.2 Å². The summed E-state index contributed by atoms with van der Waals surface area (Å²) in [4.78, 5) is 12.3. The quantitative estimate of drug-likeness (QED) is 0.694. The molecule has 0 saturated heterocycles. The molecule has 0 aliphatic carbocycles. The molecule has 1 N–H and O–H groups in total. The van der Waals surface area contributed by atoms with E-state index in [0.717, 1.165) is 28.0 Å². The number of benzene rings is 2. The average molecular weight is 390 g/mol. The summed E-state index contributed by atoms with van der Waals surface area (Å²) in [6, 6.07) is 9.36. The van der Waals surface area contributed by atoms with Crippen molar-refractivity contribution in [2.24, 2.45) is 0 Å². The van der Waals surface area contributed by atoms with E-state index in [0.29, 0.717) is 16.7 Å². The van der Waals surface area contributed by atoms with E-state index in [9.17, 15) is 4.79 Å². The maximum atomic E-state index is 12.3. The van der Waals surface area contributed by atoms with E-state index in [1.165, 1.54) is 0 Å². The summed E-state index contributed by atoms with van der Waals surface area (Å²) >= 11 is 6.01. The van der Waals surface area contributed by atoms with Gasteiger partial charge in [0.2, 0.25) is 0 Å². The average Bonchev–Trinajstić information content (AvgIpc) is 2.61. The molecule has 5 heteroatoms. The van der Waals surface area contributed by atoms with E-state index in [4.69, 9.17) is 21.1 Å². The zero-order chi connectivity index (χ0) is 20.1. The second-order valence-corrected chi connectivity index (χ2v) is 7.50. The van der Waals surface area contributed by atoms with Gasteiger partial charge in [-0.05, 0) is 79.3 Å². The number of rotatable bonds is 7. The lowest BCUT2D eigenvalue weighted by molar-refractivity contribution is -0.123. The molecule has 0 aliphatic rings. The number of ether oxygens (including phenoxy) is 2. The molecule has 4 nitrogen and oxygen atoms in total. The van der Waals surface area contributed by atoms with Gasteiger partial charge < -0.3 is 14.8 Å². The number of carbonyl (C=O) groups excluding carboxylic acids is 1. The zero-order valence-electron chi connectivity index (χ0n) is 16.9. The highest BCUT2D eigenvalue weighted by Gasteiger charge is 2.17. The van der Waals surface area contributed by atoms with Crippen molar-refractivity contribution >= 4 is 17.5 Å². The third-order valence-corrected chi connectivity index (χ3v) is 5.01. The van der Waals surface area contributed by atoms with Gasteiger partial charge in [-0.15, -0.1) is 0 Å². The van der Waals surface area contributed by atoms with Gasteiger partial charge in [0.05, 0.1) is 13.2 Å². The molecule has 0 aliphatic heterocycles. The van der Waals surface area contributed by atoms with E-state index in [1.807, 2.05) is 32.9 Å². The molecule has 0 aromatic heterocycles. The fraction of sp³-hybridized carbons (Fsp3) is 0.409. The summed E-state index contributed by atoms with van der Waals surface area (Å²) in [5.74, 6) is 1.67. The summed E-state index contributed by atoms with van der Waals surface area (Å²) in [5.41, 5.74) is 4.21. The van der Waals surface area contributed by atoms with E-state index in [1.54, 1.807) is 19.2 Å². The number of nitrogens with one attached hydrogen (secondary N) is 1. The van der Waals surface area contributed by atoms with Gasteiger partial charge in [-0.1, -0.05) is 25.4 Å². The molecular formula is C22H28ClNO3. The predicted molar refractivity (Wildman–Crippen MR) is 110 cm³/mol. The smallest absolute Gasteiger partial charge is 0.258 e. The largest absolute Gasteiger partial charge is 0.496 e. The van der Waals surface area contributed by atoms with Crippen molar-refractivity contribution in [1.29, 1.82) is 0 Å². The molecule has 0 fully saturated rings. The van der Waals surface area contributed by atoms with Crippen LogP contribution in [0.1, 0.15) is 55.0 Å². The predicted octanol–water partition coefficient (Wildman–Crippen LogP) is 5.35. The lowest BCUT2D eigenvalue weighted by Gasteiger charge is -2.21. The first kappa shape index (κ1) is 21.1. The highest BCUT2D eigenvalue weighted by atomic mass is 35.5. The Morgan fingerprint density at radius 3 is 2.37 bits per heavy atom. The fourth-order valence-electron chi connectivity index (χ4n) is 3.03. The van der Waals surface area contributed by atoms with Crippen LogP contribution >= 0.6 is 11.6 Å². The van der Waals surface area contributed by atoms with Crippen LogP contribution in [0.15, 0.2) is 30.3 Å². The Labute approximate surface area is 166 Å². The lowest BCUT2D eigenvalue weighted by Crippen LogP contribution is -2.31. The molecule has 2 aromatic carbocycles. The second-order valence-electron chi connectivity index (χ2n) is 7.09. The van der Waals surface area contributed by atoms with Crippen molar-refractivity contribution in [2.45, 2.75) is 46.6 Å². The van der Waals surface area contributed by atoms with Crippen LogP contribution in [0.3, 0.4) is 0 Å². The number of carbonyl (C=O) groups is 1. The van der Waals surface area contributed by atoms with E-state index >= 15 is 0 Å². The molecule has 27 heavy (non-hydrogen) atoms. The van der Waals surface area contributed by atoms with Gasteiger partial charge in [-0.3, -0.25) is 4.79 Å². The topological polar surface area (TPSA) is 47.6 Å². The first-order valence-electron chi connectivity index (χ1n) is 9.09.